The van der Waals surface area contributed by atoms with Gasteiger partial charge in [0.25, 0.3) is 0 Å². The van der Waals surface area contributed by atoms with Crippen LogP contribution in [0.5, 0.6) is 0 Å². The summed E-state index contributed by atoms with van der Waals surface area (Å²) in [4.78, 5) is 13.7. The van der Waals surface area contributed by atoms with E-state index < -0.39 is 5.60 Å². The van der Waals surface area contributed by atoms with E-state index in [1.54, 1.807) is 4.90 Å². The highest BCUT2D eigenvalue weighted by Crippen LogP contribution is 2.15. The van der Waals surface area contributed by atoms with Crippen LogP contribution in [0.3, 0.4) is 0 Å². The molecular weight excluding hydrogens is 262 g/mol. The van der Waals surface area contributed by atoms with Gasteiger partial charge in [-0.25, -0.2) is 9.89 Å². The molecule has 0 unspecified atom stereocenters. The van der Waals surface area contributed by atoms with Crippen molar-refractivity contribution in [3.8, 4) is 0 Å². The Hall–Kier alpha value is -1.70. The van der Waals surface area contributed by atoms with E-state index in [9.17, 15) is 4.79 Å². The summed E-state index contributed by atoms with van der Waals surface area (Å²) in [6, 6.07) is 0. The van der Waals surface area contributed by atoms with Crippen molar-refractivity contribution in [3.63, 3.8) is 0 Å². The number of aromatic nitrogens is 4. The number of nitrogens with one attached hydrogen (secondary N) is 1. The summed E-state index contributed by atoms with van der Waals surface area (Å²) in [7, 11) is 0. The number of morpholine rings is 1. The average Bonchev–Trinajstić information content (AvgIpc) is 2.88. The fraction of sp³-hybridized carbons (Fsp3) is 0.833. The quantitative estimate of drug-likeness (QED) is 0.880. The third-order valence-electron chi connectivity index (χ3n) is 2.88. The molecule has 20 heavy (non-hydrogen) atoms. The molecule has 1 fully saturated rings. The van der Waals surface area contributed by atoms with E-state index in [0.717, 1.165) is 12.2 Å². The number of amides is 1. The molecule has 1 N–H and O–H groups in total. The highest BCUT2D eigenvalue weighted by Gasteiger charge is 2.28. The van der Waals surface area contributed by atoms with Gasteiger partial charge in [-0.2, -0.15) is 0 Å². The summed E-state index contributed by atoms with van der Waals surface area (Å²) in [6.07, 6.45) is 1.16. The van der Waals surface area contributed by atoms with Crippen molar-refractivity contribution in [1.29, 1.82) is 0 Å². The highest BCUT2D eigenvalue weighted by atomic mass is 16.6. The van der Waals surface area contributed by atoms with E-state index in [-0.39, 0.29) is 12.2 Å². The molecule has 1 aromatic rings. The number of nitrogens with zero attached hydrogens (tertiary/aromatic N) is 4. The van der Waals surface area contributed by atoms with Crippen molar-refractivity contribution in [3.05, 3.63) is 5.82 Å². The number of aryl methyl sites for hydroxylation is 1. The van der Waals surface area contributed by atoms with Gasteiger partial charge in [0.15, 0.2) is 0 Å². The molecule has 1 saturated heterocycles. The third-order valence-corrected chi connectivity index (χ3v) is 2.88. The lowest BCUT2D eigenvalue weighted by atomic mass is 10.1. The Morgan fingerprint density at radius 3 is 3.00 bits per heavy atom. The molecule has 2 rings (SSSR count). The molecule has 0 aromatic carbocycles. The Kier molecular flexibility index (Phi) is 4.53. The maximum absolute atomic E-state index is 12.0. The number of carbonyl (C=O) groups excluding carboxylic acids is 1. The molecule has 8 nitrogen and oxygen atoms in total. The number of hydrogen-bond acceptors (Lipinski definition) is 6. The Balaban J connectivity index is 1.80. The summed E-state index contributed by atoms with van der Waals surface area (Å²) in [6.45, 7) is 7.21. The second kappa shape index (κ2) is 6.17. The Bertz CT molecular complexity index is 429. The zero-order chi connectivity index (χ0) is 14.6. The van der Waals surface area contributed by atoms with E-state index in [1.165, 1.54) is 0 Å². The van der Waals surface area contributed by atoms with Gasteiger partial charge in [-0.05, 0) is 37.6 Å². The number of tetrazole rings is 1. The van der Waals surface area contributed by atoms with E-state index in [1.807, 2.05) is 20.8 Å². The van der Waals surface area contributed by atoms with Gasteiger partial charge < -0.3 is 14.4 Å². The Labute approximate surface area is 117 Å². The summed E-state index contributed by atoms with van der Waals surface area (Å²) in [5, 5.41) is 13.6. The van der Waals surface area contributed by atoms with Gasteiger partial charge >= 0.3 is 6.09 Å². The first-order valence-electron chi connectivity index (χ1n) is 6.76. The van der Waals surface area contributed by atoms with Crippen molar-refractivity contribution >= 4 is 6.09 Å². The fourth-order valence-electron chi connectivity index (χ4n) is 1.97. The van der Waals surface area contributed by atoms with E-state index in [4.69, 9.17) is 9.47 Å². The standard InChI is InChI=1S/C12H21N5O3/c1-12(2,3)20-11(18)17-6-7-19-9(8-17)4-5-10-13-15-16-14-10/h9H,4-8H2,1-3H3,(H,13,14,15,16)/t9-/m1/s1. The zero-order valence-electron chi connectivity index (χ0n) is 12.1. The van der Waals surface area contributed by atoms with Gasteiger partial charge in [-0.1, -0.05) is 0 Å². The van der Waals surface area contributed by atoms with E-state index >= 15 is 0 Å². The summed E-state index contributed by atoms with van der Waals surface area (Å²) in [5.41, 5.74) is -0.476. The normalized spacial score (nSPS) is 19.9. The first-order chi connectivity index (χ1) is 9.44. The topological polar surface area (TPSA) is 93.2 Å². The third kappa shape index (κ3) is 4.44. The van der Waals surface area contributed by atoms with Gasteiger partial charge in [-0.15, -0.1) is 5.10 Å². The van der Waals surface area contributed by atoms with Crippen molar-refractivity contribution < 1.29 is 14.3 Å². The molecular formula is C12H21N5O3. The van der Waals surface area contributed by atoms with Gasteiger partial charge in [0.05, 0.1) is 19.3 Å². The Morgan fingerprint density at radius 2 is 2.35 bits per heavy atom. The van der Waals surface area contributed by atoms with Gasteiger partial charge in [0.2, 0.25) is 0 Å². The molecule has 0 bridgehead atoms. The summed E-state index contributed by atoms with van der Waals surface area (Å²) < 4.78 is 11.0. The van der Waals surface area contributed by atoms with Crippen LogP contribution >= 0.6 is 0 Å². The van der Waals surface area contributed by atoms with Crippen LogP contribution in [-0.2, 0) is 15.9 Å². The zero-order valence-corrected chi connectivity index (χ0v) is 12.1. The van der Waals surface area contributed by atoms with Crippen molar-refractivity contribution in [1.82, 2.24) is 25.5 Å². The molecule has 0 radical (unpaired) electrons. The number of rotatable bonds is 3. The molecule has 8 heteroatoms. The first kappa shape index (κ1) is 14.7. The van der Waals surface area contributed by atoms with Crippen LogP contribution in [0.4, 0.5) is 4.79 Å². The highest BCUT2D eigenvalue weighted by molar-refractivity contribution is 5.68. The maximum atomic E-state index is 12.0. The van der Waals surface area contributed by atoms with E-state index in [2.05, 4.69) is 20.6 Å². The molecule has 1 aliphatic rings. The minimum Gasteiger partial charge on any atom is -0.444 e. The molecule has 0 aliphatic carbocycles. The summed E-state index contributed by atoms with van der Waals surface area (Å²) >= 11 is 0. The van der Waals surface area contributed by atoms with Crippen LogP contribution in [0.15, 0.2) is 0 Å². The molecule has 0 saturated carbocycles. The monoisotopic (exact) mass is 283 g/mol. The van der Waals surface area contributed by atoms with Crippen LogP contribution in [0.1, 0.15) is 33.0 Å². The Morgan fingerprint density at radius 1 is 1.55 bits per heavy atom. The lowest BCUT2D eigenvalue weighted by Crippen LogP contribution is -2.47. The summed E-state index contributed by atoms with van der Waals surface area (Å²) in [5.74, 6) is 0.725. The number of ether oxygens (including phenoxy) is 2. The molecule has 112 valence electrons. The smallest absolute Gasteiger partial charge is 0.410 e. The number of hydrogen-bond donors (Lipinski definition) is 1. The fourth-order valence-corrected chi connectivity index (χ4v) is 1.97. The molecule has 1 amide bonds. The lowest BCUT2D eigenvalue weighted by molar-refractivity contribution is -0.0444. The largest absolute Gasteiger partial charge is 0.444 e. The van der Waals surface area contributed by atoms with Crippen LogP contribution in [0.2, 0.25) is 0 Å². The van der Waals surface area contributed by atoms with Crippen LogP contribution < -0.4 is 0 Å². The predicted octanol–water partition coefficient (Wildman–Crippen LogP) is 0.768. The van der Waals surface area contributed by atoms with Crippen LogP contribution in [0, 0.1) is 0 Å². The molecule has 0 spiro atoms. The van der Waals surface area contributed by atoms with Crippen LogP contribution in [-0.4, -0.2) is 63.0 Å². The molecule has 1 aromatic heterocycles. The first-order valence-corrected chi connectivity index (χ1v) is 6.76. The number of H-pyrrole nitrogens is 1. The second-order valence-corrected chi connectivity index (χ2v) is 5.81. The van der Waals surface area contributed by atoms with Crippen LogP contribution in [0.25, 0.3) is 0 Å². The molecule has 1 aliphatic heterocycles. The molecule has 1 atom stereocenters. The average molecular weight is 283 g/mol. The van der Waals surface area contributed by atoms with Crippen molar-refractivity contribution in [2.75, 3.05) is 19.7 Å². The van der Waals surface area contributed by atoms with Gasteiger partial charge in [-0.3, -0.25) is 0 Å². The van der Waals surface area contributed by atoms with Gasteiger partial charge in [0, 0.05) is 13.0 Å². The second-order valence-electron chi connectivity index (χ2n) is 5.81. The minimum absolute atomic E-state index is 0.0126. The lowest BCUT2D eigenvalue weighted by Gasteiger charge is -2.34. The minimum atomic E-state index is -0.476. The number of carbonyl (C=O) groups is 1. The van der Waals surface area contributed by atoms with Gasteiger partial charge in [0.1, 0.15) is 11.4 Å². The van der Waals surface area contributed by atoms with E-state index in [0.29, 0.717) is 26.1 Å². The number of aromatic amines is 1. The predicted molar refractivity (Wildman–Crippen MR) is 70.0 cm³/mol. The molecule has 2 heterocycles. The SMILES string of the molecule is CC(C)(C)OC(=O)N1CCO[C@H](CCc2nnn[nH]2)C1. The maximum Gasteiger partial charge on any atom is 0.410 e. The van der Waals surface area contributed by atoms with Crippen molar-refractivity contribution in [2.45, 2.75) is 45.3 Å². The van der Waals surface area contributed by atoms with Crippen molar-refractivity contribution in [2.24, 2.45) is 0 Å².